The van der Waals surface area contributed by atoms with Crippen molar-refractivity contribution in [3.63, 3.8) is 0 Å². The number of aliphatic hydroxyl groups excluding tert-OH is 1. The third-order valence-corrected chi connectivity index (χ3v) is 4.96. The first-order chi connectivity index (χ1) is 15.7. The predicted octanol–water partition coefficient (Wildman–Crippen LogP) is 5.57. The van der Waals surface area contributed by atoms with Crippen LogP contribution in [-0.2, 0) is 0 Å². The number of alkyl halides is 3. The van der Waals surface area contributed by atoms with Crippen molar-refractivity contribution in [2.75, 3.05) is 11.9 Å². The molecule has 6 nitrogen and oxygen atoms in total. The maximum Gasteiger partial charge on any atom is 0.573 e. The molecule has 3 aromatic carbocycles. The molecule has 0 atom stereocenters. The molecule has 0 aromatic heterocycles. The minimum Gasteiger partial charge on any atom is -0.454 e. The second kappa shape index (κ2) is 8.95. The van der Waals surface area contributed by atoms with Crippen molar-refractivity contribution in [2.45, 2.75) is 19.2 Å². The number of fused-ring (bicyclic) bond motifs is 2. The lowest BCUT2D eigenvalue weighted by Gasteiger charge is -2.12. The van der Waals surface area contributed by atoms with Crippen LogP contribution >= 0.6 is 0 Å². The lowest BCUT2D eigenvalue weighted by molar-refractivity contribution is -0.274. The van der Waals surface area contributed by atoms with Gasteiger partial charge in [-0.05, 0) is 47.9 Å². The van der Waals surface area contributed by atoms with Crippen LogP contribution in [0.15, 0.2) is 60.7 Å². The number of Topliss-reactive ketones (excluding diaryl/α,β-unsaturated/α-hetero) is 1. The van der Waals surface area contributed by atoms with Gasteiger partial charge in [-0.3, -0.25) is 9.59 Å². The minimum absolute atomic E-state index is 0.0379. The maximum absolute atomic E-state index is 12.8. The molecule has 0 aliphatic carbocycles. The molecule has 9 heteroatoms. The Bertz CT molecular complexity index is 1220. The predicted molar refractivity (Wildman–Crippen MR) is 114 cm³/mol. The number of amides is 1. The van der Waals surface area contributed by atoms with Crippen LogP contribution in [0.5, 0.6) is 17.2 Å². The number of ether oxygens (including phenoxy) is 2. The van der Waals surface area contributed by atoms with Gasteiger partial charge in [-0.1, -0.05) is 24.3 Å². The van der Waals surface area contributed by atoms with Gasteiger partial charge in [0.05, 0.1) is 11.3 Å². The largest absolute Gasteiger partial charge is 0.573 e. The van der Waals surface area contributed by atoms with Crippen LogP contribution in [0.3, 0.4) is 0 Å². The van der Waals surface area contributed by atoms with Crippen LogP contribution in [0.1, 0.15) is 33.6 Å². The number of ketones is 1. The fraction of sp³-hybridized carbons (Fsp3) is 0.167. The lowest BCUT2D eigenvalue weighted by Crippen LogP contribution is -2.17. The highest BCUT2D eigenvalue weighted by molar-refractivity contribution is 6.09. The Labute approximate surface area is 186 Å². The Morgan fingerprint density at radius 2 is 1.76 bits per heavy atom. The zero-order valence-electron chi connectivity index (χ0n) is 17.1. The van der Waals surface area contributed by atoms with E-state index in [-0.39, 0.29) is 41.6 Å². The number of rotatable bonds is 6. The quantitative estimate of drug-likeness (QED) is 0.473. The van der Waals surface area contributed by atoms with Gasteiger partial charge in [0, 0.05) is 24.7 Å². The van der Waals surface area contributed by atoms with E-state index >= 15 is 0 Å². The van der Waals surface area contributed by atoms with Crippen LogP contribution in [-0.4, -0.2) is 29.8 Å². The van der Waals surface area contributed by atoms with Gasteiger partial charge < -0.3 is 19.9 Å². The standard InChI is InChI=1S/C24H18F3NO5/c25-24(26,27)33-17-7-9-22-19(13-17)28-23(31)18-12-15(6-8-21(18)32-22)14-3-1-4-16(11-14)20(30)5-2-10-29/h1,3-4,6-9,11-13,29H,2,5,10H2,(H,28,31). The normalized spacial score (nSPS) is 12.7. The minimum atomic E-state index is -4.87. The summed E-state index contributed by atoms with van der Waals surface area (Å²) in [5.74, 6) is -0.756. The van der Waals surface area contributed by atoms with E-state index in [1.54, 1.807) is 42.5 Å². The van der Waals surface area contributed by atoms with E-state index in [9.17, 15) is 22.8 Å². The van der Waals surface area contributed by atoms with Crippen molar-refractivity contribution < 1.29 is 37.3 Å². The van der Waals surface area contributed by atoms with Crippen LogP contribution in [0.4, 0.5) is 18.9 Å². The van der Waals surface area contributed by atoms with Crippen molar-refractivity contribution in [1.82, 2.24) is 0 Å². The third kappa shape index (κ3) is 5.15. The van der Waals surface area contributed by atoms with Gasteiger partial charge in [0.1, 0.15) is 11.5 Å². The molecule has 0 spiro atoms. The summed E-state index contributed by atoms with van der Waals surface area (Å²) in [7, 11) is 0. The van der Waals surface area contributed by atoms with E-state index in [0.717, 1.165) is 12.1 Å². The van der Waals surface area contributed by atoms with Crippen LogP contribution in [0, 0.1) is 0 Å². The number of nitrogens with one attached hydrogen (secondary N) is 1. The topological polar surface area (TPSA) is 84.9 Å². The summed E-state index contributed by atoms with van der Waals surface area (Å²) in [6.07, 6.45) is -4.27. The van der Waals surface area contributed by atoms with Gasteiger partial charge in [-0.2, -0.15) is 0 Å². The summed E-state index contributed by atoms with van der Waals surface area (Å²) in [5, 5.41) is 11.5. The van der Waals surface area contributed by atoms with E-state index in [4.69, 9.17) is 9.84 Å². The number of benzene rings is 3. The third-order valence-electron chi connectivity index (χ3n) is 4.96. The Hall–Kier alpha value is -3.85. The second-order valence-corrected chi connectivity index (χ2v) is 7.30. The summed E-state index contributed by atoms with van der Waals surface area (Å²) in [5.41, 5.74) is 2.05. The molecule has 2 N–H and O–H groups in total. The molecule has 0 unspecified atom stereocenters. The van der Waals surface area contributed by atoms with E-state index < -0.39 is 18.0 Å². The maximum atomic E-state index is 12.8. The fourth-order valence-electron chi connectivity index (χ4n) is 3.43. The first-order valence-electron chi connectivity index (χ1n) is 10.0. The Morgan fingerprint density at radius 1 is 1.00 bits per heavy atom. The molecule has 1 aliphatic rings. The monoisotopic (exact) mass is 457 g/mol. The smallest absolute Gasteiger partial charge is 0.454 e. The molecule has 1 aliphatic heterocycles. The van der Waals surface area contributed by atoms with Crippen molar-refractivity contribution in [1.29, 1.82) is 0 Å². The molecule has 0 fully saturated rings. The molecule has 33 heavy (non-hydrogen) atoms. The van der Waals surface area contributed by atoms with Gasteiger partial charge in [0.25, 0.3) is 5.91 Å². The summed E-state index contributed by atoms with van der Waals surface area (Å²) in [4.78, 5) is 25.1. The Balaban J connectivity index is 1.63. The second-order valence-electron chi connectivity index (χ2n) is 7.30. The summed E-state index contributed by atoms with van der Waals surface area (Å²) >= 11 is 0. The van der Waals surface area contributed by atoms with Crippen LogP contribution < -0.4 is 14.8 Å². The molecule has 1 amide bonds. The molecular weight excluding hydrogens is 439 g/mol. The van der Waals surface area contributed by atoms with Gasteiger partial charge in [0.2, 0.25) is 0 Å². The summed E-state index contributed by atoms with van der Waals surface area (Å²) in [6.45, 7) is -0.0718. The molecule has 170 valence electrons. The van der Waals surface area contributed by atoms with Crippen molar-refractivity contribution in [2.24, 2.45) is 0 Å². The number of halogens is 3. The summed E-state index contributed by atoms with van der Waals surface area (Å²) < 4.78 is 47.2. The van der Waals surface area contributed by atoms with Gasteiger partial charge in [0.15, 0.2) is 11.5 Å². The first kappa shape index (κ1) is 22.3. The Morgan fingerprint density at radius 3 is 2.52 bits per heavy atom. The number of hydrogen-bond acceptors (Lipinski definition) is 5. The van der Waals surface area contributed by atoms with Gasteiger partial charge in [-0.15, -0.1) is 13.2 Å². The first-order valence-corrected chi connectivity index (χ1v) is 10.0. The van der Waals surface area contributed by atoms with E-state index in [2.05, 4.69) is 10.1 Å². The number of hydrogen-bond donors (Lipinski definition) is 2. The van der Waals surface area contributed by atoms with Gasteiger partial charge >= 0.3 is 6.36 Å². The zero-order valence-corrected chi connectivity index (χ0v) is 17.1. The van der Waals surface area contributed by atoms with E-state index in [1.165, 1.54) is 6.07 Å². The van der Waals surface area contributed by atoms with Crippen LogP contribution in [0.25, 0.3) is 11.1 Å². The zero-order chi connectivity index (χ0) is 23.6. The van der Waals surface area contributed by atoms with Crippen LogP contribution in [0.2, 0.25) is 0 Å². The lowest BCUT2D eigenvalue weighted by atomic mass is 9.98. The number of carbonyl (C=O) groups excluding carboxylic acids is 2. The highest BCUT2D eigenvalue weighted by Crippen LogP contribution is 2.40. The van der Waals surface area contributed by atoms with E-state index in [1.807, 2.05) is 0 Å². The highest BCUT2D eigenvalue weighted by Gasteiger charge is 2.32. The number of aliphatic hydroxyl groups is 1. The average Bonchev–Trinajstić information content (AvgIpc) is 2.91. The highest BCUT2D eigenvalue weighted by atomic mass is 19.4. The molecule has 0 radical (unpaired) electrons. The van der Waals surface area contributed by atoms with Crippen molar-refractivity contribution in [3.05, 3.63) is 71.8 Å². The number of anilines is 1. The fourth-order valence-corrected chi connectivity index (χ4v) is 3.43. The van der Waals surface area contributed by atoms with Gasteiger partial charge in [-0.25, -0.2) is 0 Å². The molecular formula is C24H18F3NO5. The molecule has 3 aromatic rings. The summed E-state index contributed by atoms with van der Waals surface area (Å²) in [6, 6.07) is 15.2. The van der Waals surface area contributed by atoms with Crippen molar-refractivity contribution >= 4 is 17.4 Å². The molecule has 1 heterocycles. The molecule has 0 saturated heterocycles. The molecule has 0 bridgehead atoms. The SMILES string of the molecule is O=C(CCCO)c1cccc(-c2ccc3c(c2)C(=O)Nc2cc(OC(F)(F)F)ccc2O3)c1. The molecule has 0 saturated carbocycles. The van der Waals surface area contributed by atoms with Crippen molar-refractivity contribution in [3.8, 4) is 28.4 Å². The van der Waals surface area contributed by atoms with E-state index in [0.29, 0.717) is 23.1 Å². The molecule has 4 rings (SSSR count). The Kier molecular flexibility index (Phi) is 6.06. The average molecular weight is 457 g/mol. The number of carbonyl (C=O) groups is 2.